The van der Waals surface area contributed by atoms with Gasteiger partial charge in [-0.15, -0.1) is 11.3 Å². The number of carbonyl (C=O) groups is 2. The number of benzene rings is 1. The van der Waals surface area contributed by atoms with Crippen LogP contribution in [0.4, 0.5) is 5.69 Å². The quantitative estimate of drug-likeness (QED) is 0.285. The van der Waals surface area contributed by atoms with Crippen molar-refractivity contribution in [2.24, 2.45) is 0 Å². The molecule has 0 saturated carbocycles. The molecule has 3 aromatic heterocycles. The molecule has 1 aliphatic heterocycles. The number of carboxylic acid groups (broad SMARTS) is 1. The molecule has 4 heterocycles. The Bertz CT molecular complexity index is 1600. The fourth-order valence-corrected chi connectivity index (χ4v) is 5.23. The van der Waals surface area contributed by atoms with Crippen molar-refractivity contribution in [3.63, 3.8) is 0 Å². The number of nitrogens with zero attached hydrogens (tertiary/aromatic N) is 4. The Kier molecular flexibility index (Phi) is 7.77. The van der Waals surface area contributed by atoms with Crippen LogP contribution in [0.25, 0.3) is 22.7 Å². The van der Waals surface area contributed by atoms with Crippen LogP contribution in [0, 0.1) is 11.3 Å². The van der Waals surface area contributed by atoms with Crippen LogP contribution in [0.3, 0.4) is 0 Å². The number of hydrogen-bond acceptors (Lipinski definition) is 11. The van der Waals surface area contributed by atoms with Crippen LogP contribution in [0.1, 0.15) is 37.4 Å². The predicted octanol–water partition coefficient (Wildman–Crippen LogP) is 4.66. The summed E-state index contributed by atoms with van der Waals surface area (Å²) < 4.78 is 22.2. The Morgan fingerprint density at radius 3 is 2.58 bits per heavy atom. The molecule has 0 spiro atoms. The third-order valence-electron chi connectivity index (χ3n) is 6.29. The van der Waals surface area contributed by atoms with E-state index in [2.05, 4.69) is 20.9 Å². The number of Topliss-reactive ketones (excluding diaryl/α,β-unsaturated/α-hetero) is 1. The molecular weight excluding hydrogens is 536 g/mol. The number of carbonyl (C=O) groups excluding carboxylic acids is 1. The van der Waals surface area contributed by atoms with Gasteiger partial charge in [0.15, 0.2) is 5.78 Å². The summed E-state index contributed by atoms with van der Waals surface area (Å²) in [5.41, 5.74) is 2.97. The highest BCUT2D eigenvalue weighted by Gasteiger charge is 2.23. The average Bonchev–Trinajstić information content (AvgIpc) is 3.64. The van der Waals surface area contributed by atoms with Gasteiger partial charge in [-0.3, -0.25) is 4.79 Å². The number of ketones is 1. The van der Waals surface area contributed by atoms with E-state index < -0.39 is 5.97 Å². The summed E-state index contributed by atoms with van der Waals surface area (Å²) in [6.07, 6.45) is 1.40. The van der Waals surface area contributed by atoms with E-state index in [0.29, 0.717) is 29.3 Å². The number of rotatable bonds is 9. The molecule has 0 amide bonds. The number of thiophene rings is 1. The molecule has 0 bridgehead atoms. The van der Waals surface area contributed by atoms with Gasteiger partial charge in [-0.25, -0.2) is 14.8 Å². The molecule has 11 nitrogen and oxygen atoms in total. The zero-order chi connectivity index (χ0) is 28.2. The number of methoxy groups -OCH3 is 1. The fourth-order valence-electron chi connectivity index (χ4n) is 4.27. The van der Waals surface area contributed by atoms with E-state index in [9.17, 15) is 20.0 Å². The summed E-state index contributed by atoms with van der Waals surface area (Å²) in [4.78, 5) is 35.1. The Labute approximate surface area is 233 Å². The second-order valence-corrected chi connectivity index (χ2v) is 9.92. The Hall–Kier alpha value is -4.73. The molecule has 0 atom stereocenters. The van der Waals surface area contributed by atoms with Crippen LogP contribution < -0.4 is 14.4 Å². The van der Waals surface area contributed by atoms with E-state index in [4.69, 9.17) is 18.6 Å². The topological polar surface area (TPSA) is 148 Å². The van der Waals surface area contributed by atoms with Gasteiger partial charge >= 0.3 is 11.9 Å². The molecule has 1 fully saturated rings. The first-order valence-corrected chi connectivity index (χ1v) is 13.1. The van der Waals surface area contributed by atoms with Gasteiger partial charge < -0.3 is 28.6 Å². The van der Waals surface area contributed by atoms with Crippen LogP contribution in [0.15, 0.2) is 47.0 Å². The van der Waals surface area contributed by atoms with Crippen molar-refractivity contribution >= 4 is 28.8 Å². The lowest BCUT2D eigenvalue weighted by molar-refractivity contribution is 0.0702. The number of ether oxygens (including phenoxy) is 3. The van der Waals surface area contributed by atoms with Crippen LogP contribution in [-0.4, -0.2) is 60.2 Å². The highest BCUT2D eigenvalue weighted by molar-refractivity contribution is 7.14. The lowest BCUT2D eigenvalue weighted by Gasteiger charge is -2.28. The number of morpholine rings is 1. The third kappa shape index (κ3) is 5.51. The molecular formula is C28H24N4O7S. The van der Waals surface area contributed by atoms with E-state index in [1.165, 1.54) is 26.3 Å². The molecule has 0 aliphatic carbocycles. The van der Waals surface area contributed by atoms with Gasteiger partial charge in [0.2, 0.25) is 11.8 Å². The van der Waals surface area contributed by atoms with Gasteiger partial charge in [0, 0.05) is 29.9 Å². The molecule has 40 heavy (non-hydrogen) atoms. The van der Waals surface area contributed by atoms with Crippen LogP contribution in [0.5, 0.6) is 11.8 Å². The van der Waals surface area contributed by atoms with E-state index in [0.717, 1.165) is 35.7 Å². The number of aromatic carboxylic acids is 1. The van der Waals surface area contributed by atoms with Crippen molar-refractivity contribution in [3.8, 4) is 40.6 Å². The lowest BCUT2D eigenvalue weighted by atomic mass is 10.0. The van der Waals surface area contributed by atoms with Crippen molar-refractivity contribution in [1.29, 1.82) is 5.26 Å². The molecule has 204 valence electrons. The summed E-state index contributed by atoms with van der Waals surface area (Å²) in [5.74, 6) is -1.14. The van der Waals surface area contributed by atoms with Gasteiger partial charge in [0.05, 0.1) is 36.5 Å². The van der Waals surface area contributed by atoms with Gasteiger partial charge in [0.1, 0.15) is 29.3 Å². The normalized spacial score (nSPS) is 13.1. The molecule has 4 aromatic rings. The molecule has 1 N–H and O–H groups in total. The fraction of sp³-hybridized carbons (Fsp3) is 0.250. The first-order chi connectivity index (χ1) is 19.4. The zero-order valence-corrected chi connectivity index (χ0v) is 22.5. The number of anilines is 1. The SMILES string of the molecule is COc1cnc(-c2cc(-c3ccc(N4CCOCC4)cc3)nc(OCc3sc(C(=O)O)cc3C(C)=O)c2C#N)o1. The summed E-state index contributed by atoms with van der Waals surface area (Å²) in [5, 5.41) is 19.5. The van der Waals surface area contributed by atoms with Crippen LogP contribution in [0.2, 0.25) is 0 Å². The molecule has 0 radical (unpaired) electrons. The minimum absolute atomic E-state index is 0.0100. The second kappa shape index (κ2) is 11.6. The van der Waals surface area contributed by atoms with Crippen molar-refractivity contribution in [2.45, 2.75) is 13.5 Å². The smallest absolute Gasteiger partial charge is 0.345 e. The van der Waals surface area contributed by atoms with Gasteiger partial charge in [-0.1, -0.05) is 12.1 Å². The maximum atomic E-state index is 12.1. The lowest BCUT2D eigenvalue weighted by Crippen LogP contribution is -2.36. The van der Waals surface area contributed by atoms with Gasteiger partial charge in [-0.05, 0) is 31.2 Å². The minimum Gasteiger partial charge on any atom is -0.477 e. The molecule has 12 heteroatoms. The number of aromatic nitrogens is 2. The number of carboxylic acids is 1. The maximum absolute atomic E-state index is 12.1. The van der Waals surface area contributed by atoms with E-state index in [1.54, 1.807) is 6.07 Å². The average molecular weight is 561 g/mol. The highest BCUT2D eigenvalue weighted by atomic mass is 32.1. The van der Waals surface area contributed by atoms with Crippen LogP contribution in [-0.2, 0) is 11.3 Å². The number of hydrogen-bond donors (Lipinski definition) is 1. The van der Waals surface area contributed by atoms with Crippen molar-refractivity contribution < 1.29 is 33.3 Å². The van der Waals surface area contributed by atoms with Crippen molar-refractivity contribution in [2.75, 3.05) is 38.3 Å². The highest BCUT2D eigenvalue weighted by Crippen LogP contribution is 2.36. The predicted molar refractivity (Wildman–Crippen MR) is 145 cm³/mol. The van der Waals surface area contributed by atoms with E-state index in [1.807, 2.05) is 24.3 Å². The largest absolute Gasteiger partial charge is 0.477 e. The van der Waals surface area contributed by atoms with Gasteiger partial charge in [-0.2, -0.15) is 5.26 Å². The molecule has 1 saturated heterocycles. The van der Waals surface area contributed by atoms with E-state index in [-0.39, 0.29) is 46.1 Å². The monoisotopic (exact) mass is 560 g/mol. The first kappa shape index (κ1) is 26.9. The number of oxazole rings is 1. The number of nitriles is 1. The molecule has 5 rings (SSSR count). The Morgan fingerprint density at radius 1 is 1.20 bits per heavy atom. The minimum atomic E-state index is -1.14. The second-order valence-electron chi connectivity index (χ2n) is 8.78. The van der Waals surface area contributed by atoms with Gasteiger partial charge in [0.25, 0.3) is 0 Å². The standard InChI is InChI=1S/C28H24N4O7S/c1-16(33)19-12-23(28(34)35)40-24(19)15-38-27-21(13-29)20(26-30-14-25(36-2)39-26)11-22(31-27)17-3-5-18(6-4-17)32-7-9-37-10-8-32/h3-6,11-12,14H,7-10,15H2,1-2H3,(H,34,35). The number of pyridine rings is 1. The van der Waals surface area contributed by atoms with Crippen molar-refractivity contribution in [1.82, 2.24) is 9.97 Å². The summed E-state index contributed by atoms with van der Waals surface area (Å²) in [6.45, 7) is 4.14. The Balaban J connectivity index is 1.54. The zero-order valence-electron chi connectivity index (χ0n) is 21.7. The Morgan fingerprint density at radius 2 is 1.95 bits per heavy atom. The molecule has 1 aromatic carbocycles. The summed E-state index contributed by atoms with van der Waals surface area (Å²) in [7, 11) is 1.44. The first-order valence-electron chi connectivity index (χ1n) is 12.3. The molecule has 1 aliphatic rings. The van der Waals surface area contributed by atoms with Crippen LogP contribution >= 0.6 is 11.3 Å². The summed E-state index contributed by atoms with van der Waals surface area (Å²) in [6, 6.07) is 13.0. The third-order valence-corrected chi connectivity index (χ3v) is 7.39. The van der Waals surface area contributed by atoms with E-state index >= 15 is 0 Å². The molecule has 0 unspecified atom stereocenters. The van der Waals surface area contributed by atoms with Crippen molar-refractivity contribution in [3.05, 3.63) is 63.5 Å². The summed E-state index contributed by atoms with van der Waals surface area (Å²) >= 11 is 0.934. The maximum Gasteiger partial charge on any atom is 0.345 e.